The first-order valence-electron chi connectivity index (χ1n) is 5.09. The Labute approximate surface area is 88.9 Å². The van der Waals surface area contributed by atoms with Gasteiger partial charge in [-0.1, -0.05) is 19.1 Å². The fraction of sp³-hybridized carbons (Fsp3) is 0.250. The van der Waals surface area contributed by atoms with Gasteiger partial charge >= 0.3 is 0 Å². The number of para-hydroxylation sites is 1. The van der Waals surface area contributed by atoms with Crippen molar-refractivity contribution >= 4 is 16.6 Å². The number of ether oxygens (including phenoxy) is 1. The third-order valence-electron chi connectivity index (χ3n) is 2.23. The Bertz CT molecular complexity index is 468. The highest BCUT2D eigenvalue weighted by atomic mass is 16.5. The van der Waals surface area contributed by atoms with Gasteiger partial charge in [0.25, 0.3) is 0 Å². The normalized spacial score (nSPS) is 10.5. The molecular formula is C12H14N2O. The topological polar surface area (TPSA) is 48.1 Å². The molecule has 2 N–H and O–H groups in total. The van der Waals surface area contributed by atoms with Crippen LogP contribution < -0.4 is 10.5 Å². The summed E-state index contributed by atoms with van der Waals surface area (Å²) in [7, 11) is 0. The van der Waals surface area contributed by atoms with Gasteiger partial charge in [-0.05, 0) is 18.6 Å². The van der Waals surface area contributed by atoms with Crippen molar-refractivity contribution in [2.75, 3.05) is 12.3 Å². The molecule has 0 bridgehead atoms. The molecular weight excluding hydrogens is 188 g/mol. The molecule has 0 fully saturated rings. The zero-order valence-corrected chi connectivity index (χ0v) is 8.73. The molecule has 0 atom stereocenters. The van der Waals surface area contributed by atoms with Crippen LogP contribution >= 0.6 is 0 Å². The smallest absolute Gasteiger partial charge is 0.145 e. The highest BCUT2D eigenvalue weighted by Crippen LogP contribution is 2.26. The highest BCUT2D eigenvalue weighted by Gasteiger charge is 2.04. The van der Waals surface area contributed by atoms with Crippen LogP contribution in [-0.2, 0) is 0 Å². The quantitative estimate of drug-likeness (QED) is 0.832. The van der Waals surface area contributed by atoms with E-state index in [9.17, 15) is 0 Å². The Hall–Kier alpha value is -1.77. The molecule has 1 heterocycles. The fourth-order valence-electron chi connectivity index (χ4n) is 1.50. The lowest BCUT2D eigenvalue weighted by atomic mass is 10.2. The first kappa shape index (κ1) is 9.77. The predicted octanol–water partition coefficient (Wildman–Crippen LogP) is 2.61. The van der Waals surface area contributed by atoms with Gasteiger partial charge in [0.05, 0.1) is 6.61 Å². The van der Waals surface area contributed by atoms with Gasteiger partial charge in [-0.15, -0.1) is 0 Å². The van der Waals surface area contributed by atoms with E-state index in [4.69, 9.17) is 10.5 Å². The molecule has 0 aliphatic heterocycles. The molecule has 0 unspecified atom stereocenters. The standard InChI is InChI=1S/C12H14N2O/c1-2-8-15-11-5-3-4-9-10(13)6-7-14-12(9)11/h3-7H,2,8H2,1H3,(H2,13,14). The minimum absolute atomic E-state index is 0.704. The summed E-state index contributed by atoms with van der Waals surface area (Å²) in [5.74, 6) is 0.807. The first-order chi connectivity index (χ1) is 7.33. The molecule has 0 saturated carbocycles. The third kappa shape index (κ3) is 1.86. The Morgan fingerprint density at radius 1 is 1.33 bits per heavy atom. The van der Waals surface area contributed by atoms with Crippen molar-refractivity contribution in [3.63, 3.8) is 0 Å². The maximum atomic E-state index is 5.86. The SMILES string of the molecule is CCCOc1cccc2c(N)ccnc12. The van der Waals surface area contributed by atoms with E-state index in [1.54, 1.807) is 12.3 Å². The van der Waals surface area contributed by atoms with E-state index in [0.717, 1.165) is 28.8 Å². The number of hydrogen-bond acceptors (Lipinski definition) is 3. The lowest BCUT2D eigenvalue weighted by Crippen LogP contribution is -1.97. The van der Waals surface area contributed by atoms with Crippen LogP contribution in [0.5, 0.6) is 5.75 Å². The molecule has 0 spiro atoms. The second-order valence-corrected chi connectivity index (χ2v) is 3.40. The molecule has 78 valence electrons. The lowest BCUT2D eigenvalue weighted by Gasteiger charge is -2.08. The van der Waals surface area contributed by atoms with E-state index < -0.39 is 0 Å². The zero-order chi connectivity index (χ0) is 10.7. The van der Waals surface area contributed by atoms with Crippen LogP contribution in [0.1, 0.15) is 13.3 Å². The number of aromatic nitrogens is 1. The van der Waals surface area contributed by atoms with E-state index in [1.165, 1.54) is 0 Å². The van der Waals surface area contributed by atoms with E-state index >= 15 is 0 Å². The summed E-state index contributed by atoms with van der Waals surface area (Å²) in [5.41, 5.74) is 7.43. The second kappa shape index (κ2) is 4.17. The van der Waals surface area contributed by atoms with Crippen LogP contribution in [0.3, 0.4) is 0 Å². The van der Waals surface area contributed by atoms with Crippen molar-refractivity contribution in [1.29, 1.82) is 0 Å². The molecule has 15 heavy (non-hydrogen) atoms. The van der Waals surface area contributed by atoms with Crippen molar-refractivity contribution in [3.8, 4) is 5.75 Å². The molecule has 0 aliphatic carbocycles. The molecule has 1 aromatic carbocycles. The predicted molar refractivity (Wildman–Crippen MR) is 61.9 cm³/mol. The maximum absolute atomic E-state index is 5.86. The van der Waals surface area contributed by atoms with Crippen molar-refractivity contribution in [3.05, 3.63) is 30.5 Å². The number of nitrogens with two attached hydrogens (primary N) is 1. The van der Waals surface area contributed by atoms with E-state index in [0.29, 0.717) is 6.61 Å². The van der Waals surface area contributed by atoms with Crippen LogP contribution in [0.25, 0.3) is 10.9 Å². The Balaban J connectivity index is 2.51. The summed E-state index contributed by atoms with van der Waals surface area (Å²) in [6.07, 6.45) is 2.69. The highest BCUT2D eigenvalue weighted by molar-refractivity contribution is 5.93. The van der Waals surface area contributed by atoms with E-state index in [1.807, 2.05) is 18.2 Å². The van der Waals surface area contributed by atoms with Gasteiger partial charge in [0, 0.05) is 17.3 Å². The number of rotatable bonds is 3. The summed E-state index contributed by atoms with van der Waals surface area (Å²) < 4.78 is 5.61. The van der Waals surface area contributed by atoms with Gasteiger partial charge in [0.1, 0.15) is 11.3 Å². The summed E-state index contributed by atoms with van der Waals surface area (Å²) >= 11 is 0. The van der Waals surface area contributed by atoms with Crippen LogP contribution in [0.2, 0.25) is 0 Å². The summed E-state index contributed by atoms with van der Waals surface area (Å²) in [4.78, 5) is 4.29. The molecule has 3 heteroatoms. The zero-order valence-electron chi connectivity index (χ0n) is 8.73. The first-order valence-corrected chi connectivity index (χ1v) is 5.09. The van der Waals surface area contributed by atoms with Crippen molar-refractivity contribution in [1.82, 2.24) is 4.98 Å². The van der Waals surface area contributed by atoms with Gasteiger partial charge < -0.3 is 10.5 Å². The second-order valence-electron chi connectivity index (χ2n) is 3.40. The molecule has 0 aliphatic rings. The monoisotopic (exact) mass is 202 g/mol. The Morgan fingerprint density at radius 3 is 3.00 bits per heavy atom. The van der Waals surface area contributed by atoms with Crippen LogP contribution in [0, 0.1) is 0 Å². The number of anilines is 1. The molecule has 0 amide bonds. The lowest BCUT2D eigenvalue weighted by molar-refractivity contribution is 0.320. The average Bonchev–Trinajstić information content (AvgIpc) is 2.27. The molecule has 3 nitrogen and oxygen atoms in total. The van der Waals surface area contributed by atoms with Crippen LogP contribution in [0.4, 0.5) is 5.69 Å². The fourth-order valence-corrected chi connectivity index (χ4v) is 1.50. The number of nitrogens with zero attached hydrogens (tertiary/aromatic N) is 1. The molecule has 2 aromatic rings. The average molecular weight is 202 g/mol. The van der Waals surface area contributed by atoms with Crippen molar-refractivity contribution < 1.29 is 4.74 Å². The molecule has 0 saturated heterocycles. The Morgan fingerprint density at radius 2 is 2.20 bits per heavy atom. The van der Waals surface area contributed by atoms with Crippen molar-refractivity contribution in [2.45, 2.75) is 13.3 Å². The van der Waals surface area contributed by atoms with Gasteiger partial charge in [-0.3, -0.25) is 4.98 Å². The summed E-state index contributed by atoms with van der Waals surface area (Å²) in [5, 5.41) is 0.950. The number of nitrogen functional groups attached to an aromatic ring is 1. The van der Waals surface area contributed by atoms with Gasteiger partial charge in [-0.25, -0.2) is 0 Å². The van der Waals surface area contributed by atoms with Gasteiger partial charge in [0.15, 0.2) is 0 Å². The minimum Gasteiger partial charge on any atom is -0.491 e. The summed E-state index contributed by atoms with van der Waals surface area (Å²) in [6, 6.07) is 7.61. The molecule has 1 aromatic heterocycles. The number of benzene rings is 1. The largest absolute Gasteiger partial charge is 0.491 e. The Kier molecular flexibility index (Phi) is 2.72. The van der Waals surface area contributed by atoms with E-state index in [-0.39, 0.29) is 0 Å². The van der Waals surface area contributed by atoms with Gasteiger partial charge in [0.2, 0.25) is 0 Å². The van der Waals surface area contributed by atoms with Crippen LogP contribution in [-0.4, -0.2) is 11.6 Å². The minimum atomic E-state index is 0.704. The van der Waals surface area contributed by atoms with Crippen LogP contribution in [0.15, 0.2) is 30.5 Å². The number of hydrogen-bond donors (Lipinski definition) is 1. The third-order valence-corrected chi connectivity index (χ3v) is 2.23. The van der Waals surface area contributed by atoms with E-state index in [2.05, 4.69) is 11.9 Å². The van der Waals surface area contributed by atoms with Crippen molar-refractivity contribution in [2.24, 2.45) is 0 Å². The van der Waals surface area contributed by atoms with Gasteiger partial charge in [-0.2, -0.15) is 0 Å². The molecule has 2 rings (SSSR count). The summed E-state index contributed by atoms with van der Waals surface area (Å²) in [6.45, 7) is 2.78. The maximum Gasteiger partial charge on any atom is 0.145 e. The number of pyridine rings is 1. The molecule has 0 radical (unpaired) electrons. The number of fused-ring (bicyclic) bond motifs is 1.